The Labute approximate surface area is 225 Å². The highest BCUT2D eigenvalue weighted by molar-refractivity contribution is 7.18. The summed E-state index contributed by atoms with van der Waals surface area (Å²) in [5.74, 6) is -0.495. The standard InChI is InChI=1S/C29H32N4O4S/c1-3-37-16-15-32(28(34)22-7-5-19(2)6-8-22)24-18-25(38-27(24)29(35)36)21-11-9-20(10-12-21)23-17-26-30-13-4-14-33(26)31-23/h4,9-14,17-19,22H,3,5-8,15-16H2,1-2H3,(H,35,36). The zero-order chi connectivity index (χ0) is 26.6. The third-order valence-corrected chi connectivity index (χ3v) is 8.35. The lowest BCUT2D eigenvalue weighted by Gasteiger charge is -2.31. The number of carbonyl (C=O) groups is 2. The molecule has 0 radical (unpaired) electrons. The van der Waals surface area contributed by atoms with E-state index in [2.05, 4.69) is 17.0 Å². The molecule has 38 heavy (non-hydrogen) atoms. The normalized spacial score (nSPS) is 17.5. The molecule has 0 bridgehead atoms. The van der Waals surface area contributed by atoms with Gasteiger partial charge in [0.15, 0.2) is 5.65 Å². The van der Waals surface area contributed by atoms with Gasteiger partial charge in [0.2, 0.25) is 5.91 Å². The maximum atomic E-state index is 13.7. The number of carboxylic acid groups (broad SMARTS) is 1. The molecular formula is C29H32N4O4S. The first-order chi connectivity index (χ1) is 18.4. The molecule has 198 valence electrons. The van der Waals surface area contributed by atoms with E-state index in [0.29, 0.717) is 31.4 Å². The summed E-state index contributed by atoms with van der Waals surface area (Å²) in [6.45, 7) is 5.36. The van der Waals surface area contributed by atoms with Crippen LogP contribution in [0.3, 0.4) is 0 Å². The Morgan fingerprint density at radius 2 is 1.87 bits per heavy atom. The maximum absolute atomic E-state index is 13.7. The Morgan fingerprint density at radius 1 is 1.13 bits per heavy atom. The largest absolute Gasteiger partial charge is 0.477 e. The number of carboxylic acids is 1. The Kier molecular flexibility index (Phi) is 7.85. The van der Waals surface area contributed by atoms with Crippen LogP contribution in [0.1, 0.15) is 49.2 Å². The molecule has 0 saturated heterocycles. The number of hydrogen-bond donors (Lipinski definition) is 1. The second-order valence-electron chi connectivity index (χ2n) is 9.80. The van der Waals surface area contributed by atoms with Crippen LogP contribution in [0.2, 0.25) is 0 Å². The number of carbonyl (C=O) groups excluding carboxylic acids is 1. The maximum Gasteiger partial charge on any atom is 0.348 e. The van der Waals surface area contributed by atoms with Crippen molar-refractivity contribution in [3.8, 4) is 21.7 Å². The molecule has 0 aliphatic heterocycles. The van der Waals surface area contributed by atoms with Crippen LogP contribution in [0.5, 0.6) is 0 Å². The average Bonchev–Trinajstić information content (AvgIpc) is 3.57. The third-order valence-electron chi connectivity index (χ3n) is 7.19. The van der Waals surface area contributed by atoms with Crippen molar-refractivity contribution >= 4 is 34.5 Å². The number of anilines is 1. The summed E-state index contributed by atoms with van der Waals surface area (Å²) in [5.41, 5.74) is 3.86. The monoisotopic (exact) mass is 532 g/mol. The molecule has 0 unspecified atom stereocenters. The van der Waals surface area contributed by atoms with Gasteiger partial charge in [-0.2, -0.15) is 5.10 Å². The van der Waals surface area contributed by atoms with E-state index in [0.717, 1.165) is 53.0 Å². The van der Waals surface area contributed by atoms with Gasteiger partial charge in [-0.25, -0.2) is 14.3 Å². The number of ether oxygens (including phenoxy) is 1. The summed E-state index contributed by atoms with van der Waals surface area (Å²) in [6.07, 6.45) is 7.30. The van der Waals surface area contributed by atoms with Crippen molar-refractivity contribution in [3.63, 3.8) is 0 Å². The van der Waals surface area contributed by atoms with Gasteiger partial charge in [-0.05, 0) is 56.2 Å². The van der Waals surface area contributed by atoms with Crippen LogP contribution in [0.25, 0.3) is 27.3 Å². The summed E-state index contributed by atoms with van der Waals surface area (Å²) in [6, 6.07) is 13.5. The Hall–Kier alpha value is -3.56. The Balaban J connectivity index is 1.44. The van der Waals surface area contributed by atoms with E-state index in [4.69, 9.17) is 4.74 Å². The smallest absolute Gasteiger partial charge is 0.348 e. The lowest BCUT2D eigenvalue weighted by molar-refractivity contribution is -0.123. The van der Waals surface area contributed by atoms with Crippen molar-refractivity contribution < 1.29 is 19.4 Å². The molecule has 1 amide bonds. The summed E-state index contributed by atoms with van der Waals surface area (Å²) in [7, 11) is 0. The van der Waals surface area contributed by atoms with Gasteiger partial charge in [-0.15, -0.1) is 11.3 Å². The van der Waals surface area contributed by atoms with Crippen LogP contribution in [-0.2, 0) is 9.53 Å². The van der Waals surface area contributed by atoms with Gasteiger partial charge >= 0.3 is 5.97 Å². The minimum atomic E-state index is -1.03. The van der Waals surface area contributed by atoms with Gasteiger partial charge < -0.3 is 14.7 Å². The third kappa shape index (κ3) is 5.49. The van der Waals surface area contributed by atoms with Crippen molar-refractivity contribution in [1.82, 2.24) is 14.6 Å². The van der Waals surface area contributed by atoms with E-state index in [1.54, 1.807) is 15.6 Å². The van der Waals surface area contributed by atoms with Crippen LogP contribution >= 0.6 is 11.3 Å². The quantitative estimate of drug-likeness (QED) is 0.265. The first kappa shape index (κ1) is 26.1. The number of fused-ring (bicyclic) bond motifs is 1. The van der Waals surface area contributed by atoms with Gasteiger partial charge in [0.1, 0.15) is 4.88 Å². The van der Waals surface area contributed by atoms with Crippen molar-refractivity contribution in [1.29, 1.82) is 0 Å². The minimum Gasteiger partial charge on any atom is -0.477 e. The molecule has 5 rings (SSSR count). The fourth-order valence-electron chi connectivity index (χ4n) is 5.03. The Morgan fingerprint density at radius 3 is 2.55 bits per heavy atom. The van der Waals surface area contributed by atoms with Crippen molar-refractivity contribution in [2.24, 2.45) is 11.8 Å². The van der Waals surface area contributed by atoms with Crippen LogP contribution in [-0.4, -0.2) is 51.3 Å². The van der Waals surface area contributed by atoms with Gasteiger partial charge in [-0.1, -0.05) is 31.2 Å². The van der Waals surface area contributed by atoms with Crippen LogP contribution < -0.4 is 4.90 Å². The minimum absolute atomic E-state index is 0.000686. The molecule has 0 atom stereocenters. The molecule has 9 heteroatoms. The number of amides is 1. The average molecular weight is 533 g/mol. The van der Waals surface area contributed by atoms with Gasteiger partial charge in [0.25, 0.3) is 0 Å². The van der Waals surface area contributed by atoms with Gasteiger partial charge in [0.05, 0.1) is 18.0 Å². The number of aromatic carboxylic acids is 1. The highest BCUT2D eigenvalue weighted by atomic mass is 32.1. The van der Waals surface area contributed by atoms with Crippen LogP contribution in [0, 0.1) is 11.8 Å². The predicted octanol–water partition coefficient (Wildman–Crippen LogP) is 6.02. The number of benzene rings is 1. The second kappa shape index (κ2) is 11.4. The summed E-state index contributed by atoms with van der Waals surface area (Å²) >= 11 is 1.19. The van der Waals surface area contributed by atoms with Crippen LogP contribution in [0.4, 0.5) is 5.69 Å². The van der Waals surface area contributed by atoms with E-state index in [1.807, 2.05) is 55.6 Å². The van der Waals surface area contributed by atoms with E-state index in [1.165, 1.54) is 11.3 Å². The van der Waals surface area contributed by atoms with Crippen molar-refractivity contribution in [3.05, 3.63) is 59.7 Å². The highest BCUT2D eigenvalue weighted by Gasteiger charge is 2.32. The zero-order valence-corrected chi connectivity index (χ0v) is 22.5. The summed E-state index contributed by atoms with van der Waals surface area (Å²) in [5, 5.41) is 14.6. The molecule has 3 aromatic heterocycles. The molecule has 8 nitrogen and oxygen atoms in total. The number of hydrogen-bond acceptors (Lipinski definition) is 6. The summed E-state index contributed by atoms with van der Waals surface area (Å²) < 4.78 is 7.29. The van der Waals surface area contributed by atoms with Crippen molar-refractivity contribution in [2.45, 2.75) is 39.5 Å². The molecule has 1 saturated carbocycles. The Bertz CT molecular complexity index is 1390. The molecule has 4 aromatic rings. The molecular weight excluding hydrogens is 500 g/mol. The van der Waals surface area contributed by atoms with E-state index in [9.17, 15) is 14.7 Å². The number of nitrogens with zero attached hydrogens (tertiary/aromatic N) is 4. The van der Waals surface area contributed by atoms with Gasteiger partial charge in [0, 0.05) is 48.0 Å². The zero-order valence-electron chi connectivity index (χ0n) is 21.7. The molecule has 0 spiro atoms. The van der Waals surface area contributed by atoms with Crippen molar-refractivity contribution in [2.75, 3.05) is 24.7 Å². The predicted molar refractivity (Wildman–Crippen MR) is 149 cm³/mol. The van der Waals surface area contributed by atoms with E-state index >= 15 is 0 Å². The van der Waals surface area contributed by atoms with E-state index in [-0.39, 0.29) is 16.7 Å². The molecule has 3 heterocycles. The molecule has 1 aliphatic carbocycles. The number of rotatable bonds is 9. The molecule has 1 fully saturated rings. The second-order valence-corrected chi connectivity index (χ2v) is 10.9. The highest BCUT2D eigenvalue weighted by Crippen LogP contribution is 2.39. The number of aromatic nitrogens is 3. The number of thiophene rings is 1. The molecule has 1 aromatic carbocycles. The van der Waals surface area contributed by atoms with Gasteiger partial charge in [-0.3, -0.25) is 4.79 Å². The SMILES string of the molecule is CCOCCN(C(=O)C1CCC(C)CC1)c1cc(-c2ccc(-c3cc4ncccn4n3)cc2)sc1C(=O)O. The molecule has 1 aliphatic rings. The fourth-order valence-corrected chi connectivity index (χ4v) is 6.04. The fraction of sp³-hybridized carbons (Fsp3) is 0.379. The summed E-state index contributed by atoms with van der Waals surface area (Å²) in [4.78, 5) is 32.9. The molecule has 1 N–H and O–H groups in total. The van der Waals surface area contributed by atoms with E-state index < -0.39 is 5.97 Å². The lowest BCUT2D eigenvalue weighted by Crippen LogP contribution is -2.40. The first-order valence-electron chi connectivity index (χ1n) is 13.1. The topological polar surface area (TPSA) is 97.0 Å². The lowest BCUT2D eigenvalue weighted by atomic mass is 9.82. The first-order valence-corrected chi connectivity index (χ1v) is 13.9. The van der Waals surface area contributed by atoms with Crippen LogP contribution in [0.15, 0.2) is 54.9 Å².